The molecule has 130 valence electrons. The highest BCUT2D eigenvalue weighted by Gasteiger charge is 2.27. The Morgan fingerprint density at radius 1 is 1.12 bits per heavy atom. The third kappa shape index (κ3) is 3.16. The van der Waals surface area contributed by atoms with Crippen LogP contribution >= 0.6 is 11.6 Å². The van der Waals surface area contributed by atoms with Crippen LogP contribution in [0.3, 0.4) is 0 Å². The zero-order valence-corrected chi connectivity index (χ0v) is 15.1. The number of hydrogen-bond donors (Lipinski definition) is 1. The number of nitrogens with zero attached hydrogens (tertiary/aromatic N) is 2. The van der Waals surface area contributed by atoms with Crippen molar-refractivity contribution in [1.82, 2.24) is 4.98 Å². The molecule has 1 unspecified atom stereocenters. The van der Waals surface area contributed by atoms with Crippen molar-refractivity contribution in [2.45, 2.75) is 19.4 Å². The van der Waals surface area contributed by atoms with E-state index in [0.717, 1.165) is 12.2 Å². The number of benzene rings is 2. The maximum absolute atomic E-state index is 12.4. The summed E-state index contributed by atoms with van der Waals surface area (Å²) in [5, 5.41) is 3.48. The first-order chi connectivity index (χ1) is 12.6. The number of carbonyl (C=O) groups is 1. The minimum atomic E-state index is -0.193. The van der Waals surface area contributed by atoms with Crippen LogP contribution in [0.4, 0.5) is 17.2 Å². The molecule has 1 atom stereocenters. The summed E-state index contributed by atoms with van der Waals surface area (Å²) in [6, 6.07) is 19.4. The molecule has 0 fully saturated rings. The fraction of sp³-hybridized carbons (Fsp3) is 0.143. The van der Waals surface area contributed by atoms with Crippen LogP contribution in [0.5, 0.6) is 0 Å². The first kappa shape index (κ1) is 16.6. The van der Waals surface area contributed by atoms with E-state index >= 15 is 0 Å². The van der Waals surface area contributed by atoms with E-state index in [1.54, 1.807) is 36.5 Å². The molecule has 1 aliphatic rings. The first-order valence-corrected chi connectivity index (χ1v) is 8.90. The predicted molar refractivity (Wildman–Crippen MR) is 105 cm³/mol. The standard InChI is InChI=1S/C21H18ClN3O/c1-14-12-15-4-2-3-5-19(15)25(14)20-11-6-16(13-23-20)21(26)24-18-9-7-17(22)8-10-18/h2-11,13-14H,12H2,1H3,(H,24,26). The molecule has 4 rings (SSSR count). The molecule has 0 saturated carbocycles. The van der Waals surface area contributed by atoms with Crippen molar-refractivity contribution in [2.24, 2.45) is 0 Å². The zero-order valence-electron chi connectivity index (χ0n) is 14.3. The van der Waals surface area contributed by atoms with Crippen molar-refractivity contribution in [2.75, 3.05) is 10.2 Å². The first-order valence-electron chi connectivity index (χ1n) is 8.52. The molecule has 3 aromatic rings. The molecule has 0 bridgehead atoms. The van der Waals surface area contributed by atoms with Gasteiger partial charge in [-0.1, -0.05) is 29.8 Å². The maximum atomic E-state index is 12.4. The van der Waals surface area contributed by atoms with Crippen LogP contribution in [0, 0.1) is 0 Å². The Bertz CT molecular complexity index is 938. The molecule has 26 heavy (non-hydrogen) atoms. The number of halogens is 1. The van der Waals surface area contributed by atoms with E-state index in [0.29, 0.717) is 22.3 Å². The number of pyridine rings is 1. The summed E-state index contributed by atoms with van der Waals surface area (Å²) in [6.07, 6.45) is 2.62. The van der Waals surface area contributed by atoms with Gasteiger partial charge in [-0.3, -0.25) is 4.79 Å². The molecule has 4 nitrogen and oxygen atoms in total. The number of anilines is 3. The van der Waals surface area contributed by atoms with Gasteiger partial charge in [0.05, 0.1) is 5.56 Å². The maximum Gasteiger partial charge on any atom is 0.257 e. The molecule has 2 aromatic carbocycles. The second-order valence-corrected chi connectivity index (χ2v) is 6.85. The molecule has 1 amide bonds. The van der Waals surface area contributed by atoms with E-state index in [1.165, 1.54) is 11.3 Å². The van der Waals surface area contributed by atoms with E-state index in [4.69, 9.17) is 11.6 Å². The Labute approximate surface area is 157 Å². The topological polar surface area (TPSA) is 45.2 Å². The summed E-state index contributed by atoms with van der Waals surface area (Å²) in [7, 11) is 0. The third-order valence-corrected chi connectivity index (χ3v) is 4.82. The quantitative estimate of drug-likeness (QED) is 0.706. The molecular weight excluding hydrogens is 346 g/mol. The summed E-state index contributed by atoms with van der Waals surface area (Å²) < 4.78 is 0. The fourth-order valence-corrected chi connectivity index (χ4v) is 3.44. The monoisotopic (exact) mass is 363 g/mol. The Balaban J connectivity index is 1.53. The van der Waals surface area contributed by atoms with Gasteiger partial charge in [0.1, 0.15) is 5.82 Å². The van der Waals surface area contributed by atoms with Crippen LogP contribution in [0.25, 0.3) is 0 Å². The van der Waals surface area contributed by atoms with Crippen LogP contribution < -0.4 is 10.2 Å². The van der Waals surface area contributed by atoms with Gasteiger partial charge in [0.15, 0.2) is 0 Å². The Hall–Kier alpha value is -2.85. The van der Waals surface area contributed by atoms with Gasteiger partial charge < -0.3 is 10.2 Å². The number of amides is 1. The van der Waals surface area contributed by atoms with E-state index in [2.05, 4.69) is 40.3 Å². The molecule has 0 aliphatic carbocycles. The van der Waals surface area contributed by atoms with Crippen molar-refractivity contribution >= 4 is 34.7 Å². The van der Waals surface area contributed by atoms with Crippen LogP contribution in [-0.2, 0) is 6.42 Å². The zero-order chi connectivity index (χ0) is 18.1. The van der Waals surface area contributed by atoms with Crippen molar-refractivity contribution < 1.29 is 4.79 Å². The summed E-state index contributed by atoms with van der Waals surface area (Å²) >= 11 is 5.87. The minimum absolute atomic E-state index is 0.193. The molecule has 0 radical (unpaired) electrons. The largest absolute Gasteiger partial charge is 0.323 e. The highest BCUT2D eigenvalue weighted by molar-refractivity contribution is 6.30. The molecule has 1 N–H and O–H groups in total. The summed E-state index contributed by atoms with van der Waals surface area (Å²) in [5.41, 5.74) is 3.73. The lowest BCUT2D eigenvalue weighted by Crippen LogP contribution is -2.25. The van der Waals surface area contributed by atoms with Gasteiger partial charge in [0.2, 0.25) is 0 Å². The van der Waals surface area contributed by atoms with Gasteiger partial charge in [-0.25, -0.2) is 4.98 Å². The number of hydrogen-bond acceptors (Lipinski definition) is 3. The predicted octanol–water partition coefficient (Wildman–Crippen LogP) is 5.07. The summed E-state index contributed by atoms with van der Waals surface area (Å²) in [5.74, 6) is 0.659. The summed E-state index contributed by atoms with van der Waals surface area (Å²) in [4.78, 5) is 19.1. The molecule has 5 heteroatoms. The number of rotatable bonds is 3. The van der Waals surface area contributed by atoms with Crippen LogP contribution in [0.2, 0.25) is 5.02 Å². The average molecular weight is 364 g/mol. The van der Waals surface area contributed by atoms with Crippen molar-refractivity contribution in [3.63, 3.8) is 0 Å². The average Bonchev–Trinajstić information content (AvgIpc) is 2.99. The number of para-hydroxylation sites is 1. The molecule has 2 heterocycles. The second-order valence-electron chi connectivity index (χ2n) is 6.42. The van der Waals surface area contributed by atoms with Gasteiger partial charge in [-0.05, 0) is 61.4 Å². The molecule has 1 aliphatic heterocycles. The van der Waals surface area contributed by atoms with E-state index in [1.807, 2.05) is 12.1 Å². The highest BCUT2D eigenvalue weighted by atomic mass is 35.5. The molecule has 1 aromatic heterocycles. The van der Waals surface area contributed by atoms with E-state index in [-0.39, 0.29) is 5.91 Å². The number of aromatic nitrogens is 1. The van der Waals surface area contributed by atoms with Crippen LogP contribution in [0.15, 0.2) is 66.9 Å². The van der Waals surface area contributed by atoms with Crippen molar-refractivity contribution in [3.05, 3.63) is 83.0 Å². The van der Waals surface area contributed by atoms with Crippen molar-refractivity contribution in [1.29, 1.82) is 0 Å². The third-order valence-electron chi connectivity index (χ3n) is 4.57. The second kappa shape index (κ2) is 6.81. The minimum Gasteiger partial charge on any atom is -0.323 e. The van der Waals surface area contributed by atoms with E-state index in [9.17, 15) is 4.79 Å². The van der Waals surface area contributed by atoms with Gasteiger partial charge >= 0.3 is 0 Å². The van der Waals surface area contributed by atoms with Crippen LogP contribution in [-0.4, -0.2) is 16.9 Å². The van der Waals surface area contributed by atoms with Gasteiger partial charge in [0.25, 0.3) is 5.91 Å². The van der Waals surface area contributed by atoms with Crippen LogP contribution in [0.1, 0.15) is 22.8 Å². The Morgan fingerprint density at radius 2 is 1.88 bits per heavy atom. The van der Waals surface area contributed by atoms with Gasteiger partial charge in [-0.15, -0.1) is 0 Å². The fourth-order valence-electron chi connectivity index (χ4n) is 3.31. The number of fused-ring (bicyclic) bond motifs is 1. The highest BCUT2D eigenvalue weighted by Crippen LogP contribution is 2.36. The van der Waals surface area contributed by atoms with Gasteiger partial charge in [0, 0.05) is 28.6 Å². The Morgan fingerprint density at radius 3 is 2.62 bits per heavy atom. The lowest BCUT2D eigenvalue weighted by atomic mass is 10.1. The normalized spacial score (nSPS) is 15.6. The van der Waals surface area contributed by atoms with Crippen molar-refractivity contribution in [3.8, 4) is 0 Å². The lowest BCUT2D eigenvalue weighted by molar-refractivity contribution is 0.102. The molecule has 0 saturated heterocycles. The Kier molecular flexibility index (Phi) is 4.35. The summed E-state index contributed by atoms with van der Waals surface area (Å²) in [6.45, 7) is 2.18. The van der Waals surface area contributed by atoms with Gasteiger partial charge in [-0.2, -0.15) is 0 Å². The smallest absolute Gasteiger partial charge is 0.257 e. The number of carbonyl (C=O) groups excluding carboxylic acids is 1. The lowest BCUT2D eigenvalue weighted by Gasteiger charge is -2.23. The molecule has 0 spiro atoms. The SMILES string of the molecule is CC1Cc2ccccc2N1c1ccc(C(=O)Nc2ccc(Cl)cc2)cn1. The molecular formula is C21H18ClN3O. The number of nitrogens with one attached hydrogen (secondary N) is 1. The van der Waals surface area contributed by atoms with E-state index < -0.39 is 0 Å².